The Morgan fingerprint density at radius 3 is 2.26 bits per heavy atom. The van der Waals surface area contributed by atoms with E-state index in [0.29, 0.717) is 27.2 Å². The molecule has 2 aromatic rings. The highest BCUT2D eigenvalue weighted by Gasteiger charge is 2.03. The number of hydrazone groups is 1. The number of hydrogen-bond acceptors (Lipinski definition) is 5. The van der Waals surface area contributed by atoms with Gasteiger partial charge in [-0.15, -0.1) is 0 Å². The van der Waals surface area contributed by atoms with Crippen LogP contribution in [-0.2, 0) is 0 Å². The molecule has 0 amide bonds. The summed E-state index contributed by atoms with van der Waals surface area (Å²) in [5.41, 5.74) is 8.24. The van der Waals surface area contributed by atoms with Crippen LogP contribution >= 0.6 is 23.2 Å². The van der Waals surface area contributed by atoms with E-state index in [2.05, 4.69) is 10.5 Å². The van der Waals surface area contributed by atoms with Gasteiger partial charge in [0.2, 0.25) is 5.71 Å². The first-order chi connectivity index (χ1) is 11.0. The fourth-order valence-corrected chi connectivity index (χ4v) is 2.09. The largest absolute Gasteiger partial charge is 0.457 e. The molecule has 0 radical (unpaired) electrons. The van der Waals surface area contributed by atoms with E-state index in [0.717, 1.165) is 0 Å². The van der Waals surface area contributed by atoms with Crippen molar-refractivity contribution in [2.45, 2.75) is 0 Å². The van der Waals surface area contributed by atoms with Crippen LogP contribution in [0, 0.1) is 16.7 Å². The summed E-state index contributed by atoms with van der Waals surface area (Å²) in [5, 5.41) is 20.6. The Bertz CT molecular complexity index is 776. The van der Waals surface area contributed by atoms with Crippen molar-refractivity contribution < 1.29 is 4.74 Å². The van der Waals surface area contributed by atoms with Crippen LogP contribution in [0.1, 0.15) is 0 Å². The van der Waals surface area contributed by atoms with Gasteiger partial charge in [0, 0.05) is 10.0 Å². The van der Waals surface area contributed by atoms with Crippen LogP contribution in [-0.4, -0.2) is 11.5 Å². The first-order valence-electron chi connectivity index (χ1n) is 6.30. The van der Waals surface area contributed by atoms with E-state index < -0.39 is 5.84 Å². The topological polar surface area (TPSA) is 107 Å². The van der Waals surface area contributed by atoms with Gasteiger partial charge in [0.1, 0.15) is 17.6 Å². The molecule has 6 nitrogen and oxygen atoms in total. The SMILES string of the molecule is N#C/C(=N\Nc1ccc(Oc2cc(Cl)cc(Cl)c2)cc1)C(=N)N. The van der Waals surface area contributed by atoms with Crippen molar-refractivity contribution in [1.29, 1.82) is 10.7 Å². The number of ether oxygens (including phenoxy) is 1. The number of anilines is 1. The number of rotatable bonds is 5. The zero-order valence-corrected chi connectivity index (χ0v) is 13.2. The molecule has 116 valence electrons. The molecule has 2 aromatic carbocycles. The number of nitriles is 1. The maximum atomic E-state index is 8.74. The molecule has 0 bridgehead atoms. The zero-order chi connectivity index (χ0) is 16.8. The van der Waals surface area contributed by atoms with Crippen molar-refractivity contribution in [1.82, 2.24) is 0 Å². The van der Waals surface area contributed by atoms with E-state index in [9.17, 15) is 0 Å². The minimum Gasteiger partial charge on any atom is -0.457 e. The second-order valence-electron chi connectivity index (χ2n) is 4.33. The molecule has 2 rings (SSSR count). The Kier molecular flexibility index (Phi) is 5.41. The molecule has 0 aliphatic carbocycles. The van der Waals surface area contributed by atoms with E-state index in [1.807, 2.05) is 0 Å². The Morgan fingerprint density at radius 2 is 1.74 bits per heavy atom. The van der Waals surface area contributed by atoms with E-state index in [1.54, 1.807) is 48.5 Å². The molecule has 0 heterocycles. The minimum atomic E-state index is -0.405. The van der Waals surface area contributed by atoms with Gasteiger partial charge in [-0.2, -0.15) is 10.4 Å². The molecule has 0 spiro atoms. The van der Waals surface area contributed by atoms with Gasteiger partial charge in [-0.05, 0) is 42.5 Å². The summed E-state index contributed by atoms with van der Waals surface area (Å²) in [6.45, 7) is 0. The Morgan fingerprint density at radius 1 is 1.13 bits per heavy atom. The van der Waals surface area contributed by atoms with Crippen molar-refractivity contribution in [2.24, 2.45) is 10.8 Å². The summed E-state index contributed by atoms with van der Waals surface area (Å²) in [4.78, 5) is 0. The lowest BCUT2D eigenvalue weighted by atomic mass is 10.3. The van der Waals surface area contributed by atoms with Gasteiger partial charge in [0.25, 0.3) is 0 Å². The molecule has 8 heteroatoms. The first kappa shape index (κ1) is 16.6. The number of hydrogen-bond donors (Lipinski definition) is 3. The third-order valence-electron chi connectivity index (χ3n) is 2.58. The summed E-state index contributed by atoms with van der Waals surface area (Å²) >= 11 is 11.8. The first-order valence-corrected chi connectivity index (χ1v) is 7.06. The monoisotopic (exact) mass is 347 g/mol. The predicted octanol–water partition coefficient (Wildman–Crippen LogP) is 4.01. The number of benzene rings is 2. The number of nitrogens with zero attached hydrogens (tertiary/aromatic N) is 2. The number of nitrogens with two attached hydrogens (primary N) is 1. The second kappa shape index (κ2) is 7.49. The molecular formula is C15H11Cl2N5O. The number of halogens is 2. The van der Waals surface area contributed by atoms with Gasteiger partial charge in [0.15, 0.2) is 5.84 Å². The Balaban J connectivity index is 2.08. The highest BCUT2D eigenvalue weighted by atomic mass is 35.5. The fraction of sp³-hybridized carbons (Fsp3) is 0. The van der Waals surface area contributed by atoms with Crippen molar-refractivity contribution in [3.05, 3.63) is 52.5 Å². The summed E-state index contributed by atoms with van der Waals surface area (Å²) < 4.78 is 5.64. The maximum absolute atomic E-state index is 8.74. The molecule has 23 heavy (non-hydrogen) atoms. The lowest BCUT2D eigenvalue weighted by Gasteiger charge is -2.07. The van der Waals surface area contributed by atoms with Crippen LogP contribution in [0.3, 0.4) is 0 Å². The van der Waals surface area contributed by atoms with Gasteiger partial charge < -0.3 is 10.5 Å². The van der Waals surface area contributed by atoms with Crippen molar-refractivity contribution in [2.75, 3.05) is 5.43 Å². The van der Waals surface area contributed by atoms with Crippen molar-refractivity contribution in [3.63, 3.8) is 0 Å². The molecule has 0 unspecified atom stereocenters. The second-order valence-corrected chi connectivity index (χ2v) is 5.20. The lowest BCUT2D eigenvalue weighted by Crippen LogP contribution is -2.21. The van der Waals surface area contributed by atoms with Gasteiger partial charge in [-0.1, -0.05) is 23.2 Å². The molecule has 0 fully saturated rings. The van der Waals surface area contributed by atoms with Crippen LogP contribution in [0.15, 0.2) is 47.6 Å². The van der Waals surface area contributed by atoms with Crippen LogP contribution < -0.4 is 15.9 Å². The number of amidine groups is 1. The van der Waals surface area contributed by atoms with Gasteiger partial charge in [-0.25, -0.2) is 0 Å². The molecule has 0 aliphatic heterocycles. The zero-order valence-electron chi connectivity index (χ0n) is 11.7. The van der Waals surface area contributed by atoms with Crippen LogP contribution in [0.5, 0.6) is 11.5 Å². The average molecular weight is 348 g/mol. The summed E-state index contributed by atoms with van der Waals surface area (Å²) in [5.74, 6) is 0.687. The third kappa shape index (κ3) is 4.88. The Hall–Kier alpha value is -2.75. The Labute approximate surface area is 142 Å². The summed E-state index contributed by atoms with van der Waals surface area (Å²) in [6, 6.07) is 13.4. The fourth-order valence-electron chi connectivity index (χ4n) is 1.59. The van der Waals surface area contributed by atoms with E-state index in [-0.39, 0.29) is 5.71 Å². The quantitative estimate of drug-likeness (QED) is 0.431. The van der Waals surface area contributed by atoms with Crippen LogP contribution in [0.4, 0.5) is 5.69 Å². The van der Waals surface area contributed by atoms with Gasteiger partial charge in [0.05, 0.1) is 5.69 Å². The van der Waals surface area contributed by atoms with Gasteiger partial charge in [-0.3, -0.25) is 10.8 Å². The highest BCUT2D eigenvalue weighted by Crippen LogP contribution is 2.28. The van der Waals surface area contributed by atoms with E-state index >= 15 is 0 Å². The molecule has 0 aliphatic rings. The van der Waals surface area contributed by atoms with Gasteiger partial charge >= 0.3 is 0 Å². The average Bonchev–Trinajstić information content (AvgIpc) is 2.48. The van der Waals surface area contributed by atoms with Crippen LogP contribution in [0.2, 0.25) is 10.0 Å². The lowest BCUT2D eigenvalue weighted by molar-refractivity contribution is 0.483. The van der Waals surface area contributed by atoms with Crippen molar-refractivity contribution in [3.8, 4) is 17.6 Å². The summed E-state index contributed by atoms with van der Waals surface area (Å²) in [6.07, 6.45) is 0. The minimum absolute atomic E-state index is 0.195. The maximum Gasteiger partial charge on any atom is 0.201 e. The molecule has 0 atom stereocenters. The molecular weight excluding hydrogens is 337 g/mol. The van der Waals surface area contributed by atoms with Crippen LogP contribution in [0.25, 0.3) is 0 Å². The molecule has 0 saturated heterocycles. The van der Waals surface area contributed by atoms with E-state index in [4.69, 9.17) is 44.3 Å². The number of nitrogens with one attached hydrogen (secondary N) is 2. The normalized spacial score (nSPS) is 10.7. The summed E-state index contributed by atoms with van der Waals surface area (Å²) in [7, 11) is 0. The molecule has 4 N–H and O–H groups in total. The highest BCUT2D eigenvalue weighted by molar-refractivity contribution is 6.45. The molecule has 0 saturated carbocycles. The predicted molar refractivity (Wildman–Crippen MR) is 91.6 cm³/mol. The smallest absolute Gasteiger partial charge is 0.201 e. The standard InChI is InChI=1S/C15H11Cl2N5O/c16-9-5-10(17)7-13(6-9)23-12-3-1-11(2-4-12)21-22-14(8-18)15(19)20/h1-7,21H,(H3,19,20)/b22-14+. The third-order valence-corrected chi connectivity index (χ3v) is 3.02. The van der Waals surface area contributed by atoms with E-state index in [1.165, 1.54) is 0 Å². The molecule has 0 aromatic heterocycles. The van der Waals surface area contributed by atoms with Crippen molar-refractivity contribution >= 4 is 40.4 Å².